The molecule has 4 nitrogen and oxygen atoms in total. The van der Waals surface area contributed by atoms with Crippen LogP contribution in [0.4, 0.5) is 0 Å². The van der Waals surface area contributed by atoms with Crippen LogP contribution in [0, 0.1) is 0 Å². The molecule has 0 atom stereocenters. The Bertz CT molecular complexity index is 493. The second-order valence-corrected chi connectivity index (χ2v) is 6.64. The van der Waals surface area contributed by atoms with E-state index in [9.17, 15) is 0 Å². The molecule has 2 aliphatic heterocycles. The SMILES string of the molecule is CC1(C)OB(c2ccccc2C2OCCCO2)OC1(C)C. The molecule has 0 saturated carbocycles. The second-order valence-electron chi connectivity index (χ2n) is 6.64. The van der Waals surface area contributed by atoms with Crippen molar-refractivity contribution >= 4 is 12.6 Å². The van der Waals surface area contributed by atoms with Crippen molar-refractivity contribution in [2.75, 3.05) is 13.2 Å². The lowest BCUT2D eigenvalue weighted by atomic mass is 9.75. The Morgan fingerprint density at radius 3 is 2.14 bits per heavy atom. The van der Waals surface area contributed by atoms with E-state index in [1.165, 1.54) is 0 Å². The van der Waals surface area contributed by atoms with Gasteiger partial charge < -0.3 is 18.8 Å². The van der Waals surface area contributed by atoms with Crippen LogP contribution in [-0.4, -0.2) is 31.5 Å². The molecular formula is C16H23BO4. The van der Waals surface area contributed by atoms with E-state index in [1.54, 1.807) is 0 Å². The molecule has 0 N–H and O–H groups in total. The van der Waals surface area contributed by atoms with Gasteiger partial charge in [-0.2, -0.15) is 0 Å². The molecule has 1 aromatic carbocycles. The number of hydrogen-bond donors (Lipinski definition) is 0. The van der Waals surface area contributed by atoms with E-state index in [2.05, 4.69) is 27.7 Å². The minimum atomic E-state index is -0.389. The first-order chi connectivity index (χ1) is 9.91. The van der Waals surface area contributed by atoms with Crippen molar-refractivity contribution in [3.05, 3.63) is 29.8 Å². The highest BCUT2D eigenvalue weighted by atomic mass is 16.7. The molecule has 2 fully saturated rings. The lowest BCUT2D eigenvalue weighted by molar-refractivity contribution is -0.182. The van der Waals surface area contributed by atoms with E-state index in [1.807, 2.05) is 24.3 Å². The average molecular weight is 290 g/mol. The van der Waals surface area contributed by atoms with Gasteiger partial charge in [-0.15, -0.1) is 0 Å². The first-order valence-corrected chi connectivity index (χ1v) is 7.58. The molecule has 2 aliphatic rings. The van der Waals surface area contributed by atoms with Crippen LogP contribution in [0.1, 0.15) is 46.0 Å². The predicted molar refractivity (Wildman–Crippen MR) is 81.4 cm³/mol. The van der Waals surface area contributed by atoms with Crippen LogP contribution in [0.15, 0.2) is 24.3 Å². The topological polar surface area (TPSA) is 36.9 Å². The Kier molecular flexibility index (Phi) is 3.86. The molecule has 0 unspecified atom stereocenters. The summed E-state index contributed by atoms with van der Waals surface area (Å²) in [5.74, 6) is 0. The normalized spacial score (nSPS) is 25.2. The Hall–Kier alpha value is -0.875. The molecule has 0 aliphatic carbocycles. The van der Waals surface area contributed by atoms with Gasteiger partial charge in [-0.3, -0.25) is 0 Å². The molecule has 0 amide bonds. The van der Waals surface area contributed by atoms with Crippen LogP contribution >= 0.6 is 0 Å². The van der Waals surface area contributed by atoms with Gasteiger partial charge in [-0.1, -0.05) is 24.3 Å². The predicted octanol–water partition coefficient (Wildman–Crippen LogP) is 2.42. The molecular weight excluding hydrogens is 267 g/mol. The summed E-state index contributed by atoms with van der Waals surface area (Å²) in [5.41, 5.74) is 1.29. The molecule has 5 heteroatoms. The molecule has 2 saturated heterocycles. The molecule has 1 aromatic rings. The Balaban J connectivity index is 1.89. The lowest BCUT2D eigenvalue weighted by Gasteiger charge is -2.32. The Labute approximate surface area is 126 Å². The van der Waals surface area contributed by atoms with Gasteiger partial charge in [0.1, 0.15) is 0 Å². The average Bonchev–Trinajstić information content (AvgIpc) is 2.68. The van der Waals surface area contributed by atoms with E-state index < -0.39 is 0 Å². The third-order valence-corrected chi connectivity index (χ3v) is 4.58. The number of rotatable bonds is 2. The van der Waals surface area contributed by atoms with Gasteiger partial charge in [0.05, 0.1) is 24.4 Å². The maximum atomic E-state index is 6.15. The zero-order valence-corrected chi connectivity index (χ0v) is 13.2. The smallest absolute Gasteiger partial charge is 0.399 e. The molecule has 2 heterocycles. The molecule has 0 radical (unpaired) electrons. The second kappa shape index (κ2) is 5.40. The monoisotopic (exact) mass is 290 g/mol. The van der Waals surface area contributed by atoms with E-state index >= 15 is 0 Å². The van der Waals surface area contributed by atoms with Gasteiger partial charge in [-0.05, 0) is 39.6 Å². The van der Waals surface area contributed by atoms with Crippen molar-refractivity contribution in [3.8, 4) is 0 Å². The van der Waals surface area contributed by atoms with E-state index in [-0.39, 0.29) is 24.6 Å². The summed E-state index contributed by atoms with van der Waals surface area (Å²) in [5, 5.41) is 0. The van der Waals surface area contributed by atoms with Crippen LogP contribution < -0.4 is 5.46 Å². The highest BCUT2D eigenvalue weighted by Crippen LogP contribution is 2.37. The first kappa shape index (κ1) is 15.0. The lowest BCUT2D eigenvalue weighted by Crippen LogP contribution is -2.41. The molecule has 0 spiro atoms. The fraction of sp³-hybridized carbons (Fsp3) is 0.625. The summed E-state index contributed by atoms with van der Waals surface area (Å²) in [7, 11) is -0.389. The van der Waals surface area contributed by atoms with Gasteiger partial charge in [-0.25, -0.2) is 0 Å². The van der Waals surface area contributed by atoms with E-state index in [0.717, 1.165) is 30.7 Å². The summed E-state index contributed by atoms with van der Waals surface area (Å²) in [6.45, 7) is 9.68. The highest BCUT2D eigenvalue weighted by Gasteiger charge is 2.52. The molecule has 3 rings (SSSR count). The maximum Gasteiger partial charge on any atom is 0.495 e. The number of hydrogen-bond acceptors (Lipinski definition) is 4. The Morgan fingerprint density at radius 2 is 1.52 bits per heavy atom. The van der Waals surface area contributed by atoms with Crippen molar-refractivity contribution in [1.29, 1.82) is 0 Å². The molecule has 114 valence electrons. The van der Waals surface area contributed by atoms with Gasteiger partial charge in [0, 0.05) is 5.56 Å². The maximum absolute atomic E-state index is 6.15. The van der Waals surface area contributed by atoms with Crippen LogP contribution in [0.3, 0.4) is 0 Å². The highest BCUT2D eigenvalue weighted by molar-refractivity contribution is 6.62. The van der Waals surface area contributed by atoms with Crippen molar-refractivity contribution < 1.29 is 18.8 Å². The minimum Gasteiger partial charge on any atom is -0.399 e. The summed E-state index contributed by atoms with van der Waals surface area (Å²) in [4.78, 5) is 0. The number of benzene rings is 1. The van der Waals surface area contributed by atoms with Crippen molar-refractivity contribution in [1.82, 2.24) is 0 Å². The fourth-order valence-corrected chi connectivity index (χ4v) is 2.58. The summed E-state index contributed by atoms with van der Waals surface area (Å²) >= 11 is 0. The summed E-state index contributed by atoms with van der Waals surface area (Å²) in [6.07, 6.45) is 0.615. The largest absolute Gasteiger partial charge is 0.495 e. The molecule has 21 heavy (non-hydrogen) atoms. The van der Waals surface area contributed by atoms with Crippen molar-refractivity contribution in [2.24, 2.45) is 0 Å². The van der Waals surface area contributed by atoms with Crippen LogP contribution in [0.25, 0.3) is 0 Å². The Morgan fingerprint density at radius 1 is 0.952 bits per heavy atom. The first-order valence-electron chi connectivity index (χ1n) is 7.58. The summed E-state index contributed by atoms with van der Waals surface area (Å²) in [6, 6.07) is 8.03. The van der Waals surface area contributed by atoms with Crippen LogP contribution in [0.5, 0.6) is 0 Å². The van der Waals surface area contributed by atoms with Gasteiger partial charge >= 0.3 is 7.12 Å². The van der Waals surface area contributed by atoms with Crippen molar-refractivity contribution in [3.63, 3.8) is 0 Å². The standard InChI is InChI=1S/C16H23BO4/c1-15(2)16(3,4)21-17(20-15)13-9-6-5-8-12(13)14-18-10-7-11-19-14/h5-6,8-9,14H,7,10-11H2,1-4H3. The van der Waals surface area contributed by atoms with Gasteiger partial charge in [0.15, 0.2) is 6.29 Å². The van der Waals surface area contributed by atoms with E-state index in [4.69, 9.17) is 18.8 Å². The summed E-state index contributed by atoms with van der Waals surface area (Å²) < 4.78 is 23.8. The van der Waals surface area contributed by atoms with Crippen LogP contribution in [0.2, 0.25) is 0 Å². The fourth-order valence-electron chi connectivity index (χ4n) is 2.58. The quantitative estimate of drug-likeness (QED) is 0.784. The van der Waals surface area contributed by atoms with Crippen molar-refractivity contribution in [2.45, 2.75) is 51.6 Å². The zero-order chi connectivity index (χ0) is 15.1. The van der Waals surface area contributed by atoms with Gasteiger partial charge in [0.25, 0.3) is 0 Å². The van der Waals surface area contributed by atoms with E-state index in [0.29, 0.717) is 0 Å². The third kappa shape index (κ3) is 2.75. The van der Waals surface area contributed by atoms with Crippen LogP contribution in [-0.2, 0) is 18.8 Å². The molecule has 0 aromatic heterocycles. The number of ether oxygens (including phenoxy) is 2. The minimum absolute atomic E-state index is 0.325. The molecule has 0 bridgehead atoms. The van der Waals surface area contributed by atoms with Gasteiger partial charge in [0.2, 0.25) is 0 Å². The third-order valence-electron chi connectivity index (χ3n) is 4.58. The zero-order valence-electron chi connectivity index (χ0n) is 13.2.